The highest BCUT2D eigenvalue weighted by molar-refractivity contribution is 7.89. The van der Waals surface area contributed by atoms with Crippen LogP contribution in [0.5, 0.6) is 0 Å². The second-order valence-corrected chi connectivity index (χ2v) is 10.6. The van der Waals surface area contributed by atoms with Crippen LogP contribution in [-0.2, 0) is 26.2 Å². The van der Waals surface area contributed by atoms with E-state index in [1.807, 2.05) is 31.2 Å². The summed E-state index contributed by atoms with van der Waals surface area (Å²) in [5.41, 5.74) is 2.06. The number of benzene rings is 2. The number of carbonyl (C=O) groups is 2. The first-order chi connectivity index (χ1) is 16.2. The van der Waals surface area contributed by atoms with Gasteiger partial charge in [-0.1, -0.05) is 61.4 Å². The number of hydrogen-bond acceptors (Lipinski definition) is 4. The van der Waals surface area contributed by atoms with Gasteiger partial charge in [-0.25, -0.2) is 12.7 Å². The molecule has 0 saturated heterocycles. The van der Waals surface area contributed by atoms with E-state index in [9.17, 15) is 18.0 Å². The van der Waals surface area contributed by atoms with E-state index >= 15 is 0 Å². The molecule has 2 aromatic carbocycles. The van der Waals surface area contributed by atoms with Gasteiger partial charge < -0.3 is 10.2 Å². The Morgan fingerprint density at radius 1 is 1.00 bits per heavy atom. The molecule has 2 rings (SSSR count). The highest BCUT2D eigenvalue weighted by Gasteiger charge is 2.26. The molecule has 0 spiro atoms. The number of rotatable bonds is 13. The standard InChI is InChI=1S/C26H37N3O4S/c1-5-6-18-27-26(31)22(3)29(20-23-16-14-21(2)15-17-23)25(30)13-10-19-28(4)34(32,33)24-11-8-7-9-12-24/h7-9,11-12,14-17,22H,5-6,10,13,18-20H2,1-4H3,(H,27,31)/t22-/m0/s1. The summed E-state index contributed by atoms with van der Waals surface area (Å²) in [6.45, 7) is 6.89. The van der Waals surface area contributed by atoms with Crippen LogP contribution in [-0.4, -0.2) is 55.6 Å². The largest absolute Gasteiger partial charge is 0.354 e. The number of unbranched alkanes of at least 4 members (excludes halogenated alkanes) is 1. The summed E-state index contributed by atoms with van der Waals surface area (Å²) in [5.74, 6) is -0.359. The molecule has 186 valence electrons. The number of nitrogens with one attached hydrogen (secondary N) is 1. The third-order valence-electron chi connectivity index (χ3n) is 5.79. The van der Waals surface area contributed by atoms with Crippen LogP contribution in [0.4, 0.5) is 0 Å². The lowest BCUT2D eigenvalue weighted by Crippen LogP contribution is -2.47. The van der Waals surface area contributed by atoms with Crippen molar-refractivity contribution in [3.05, 3.63) is 65.7 Å². The SMILES string of the molecule is CCCCNC(=O)[C@H](C)N(Cc1ccc(C)cc1)C(=O)CCCN(C)S(=O)(=O)c1ccccc1. The summed E-state index contributed by atoms with van der Waals surface area (Å²) in [5, 5.41) is 2.91. The van der Waals surface area contributed by atoms with Gasteiger partial charge in [0.25, 0.3) is 0 Å². The van der Waals surface area contributed by atoms with Gasteiger partial charge in [-0.15, -0.1) is 0 Å². The normalized spacial score (nSPS) is 12.4. The van der Waals surface area contributed by atoms with E-state index in [0.717, 1.165) is 24.0 Å². The maximum atomic E-state index is 13.2. The van der Waals surface area contributed by atoms with Crippen LogP contribution >= 0.6 is 0 Å². The van der Waals surface area contributed by atoms with E-state index in [1.54, 1.807) is 42.2 Å². The van der Waals surface area contributed by atoms with Crippen LogP contribution in [0.15, 0.2) is 59.5 Å². The molecule has 0 aliphatic rings. The highest BCUT2D eigenvalue weighted by atomic mass is 32.2. The Labute approximate surface area is 204 Å². The van der Waals surface area contributed by atoms with Gasteiger partial charge in [0.2, 0.25) is 21.8 Å². The highest BCUT2D eigenvalue weighted by Crippen LogP contribution is 2.16. The lowest BCUT2D eigenvalue weighted by molar-refractivity contribution is -0.140. The molecule has 2 aromatic rings. The van der Waals surface area contributed by atoms with Crippen LogP contribution in [0.1, 0.15) is 50.7 Å². The molecular weight excluding hydrogens is 450 g/mol. The van der Waals surface area contributed by atoms with Gasteiger partial charge in [-0.2, -0.15) is 0 Å². The van der Waals surface area contributed by atoms with E-state index < -0.39 is 16.1 Å². The van der Waals surface area contributed by atoms with Crippen LogP contribution in [0.3, 0.4) is 0 Å². The quantitative estimate of drug-likeness (QED) is 0.436. The molecule has 0 aliphatic carbocycles. The zero-order valence-corrected chi connectivity index (χ0v) is 21.5. The fourth-order valence-electron chi connectivity index (χ4n) is 3.50. The van der Waals surface area contributed by atoms with Crippen molar-refractivity contribution in [2.45, 2.75) is 63.9 Å². The van der Waals surface area contributed by atoms with E-state index in [4.69, 9.17) is 0 Å². The molecule has 0 heterocycles. The van der Waals surface area contributed by atoms with Gasteiger partial charge in [0, 0.05) is 33.1 Å². The number of sulfonamides is 1. The Hall–Kier alpha value is -2.71. The first-order valence-electron chi connectivity index (χ1n) is 11.8. The van der Waals surface area contributed by atoms with Gasteiger partial charge in [0.1, 0.15) is 6.04 Å². The van der Waals surface area contributed by atoms with E-state index in [2.05, 4.69) is 12.2 Å². The minimum atomic E-state index is -3.61. The molecule has 7 nitrogen and oxygen atoms in total. The average molecular weight is 488 g/mol. The van der Waals surface area contributed by atoms with Crippen LogP contribution in [0.2, 0.25) is 0 Å². The van der Waals surface area contributed by atoms with Crippen molar-refractivity contribution >= 4 is 21.8 Å². The number of hydrogen-bond donors (Lipinski definition) is 1. The molecule has 0 radical (unpaired) electrons. The van der Waals surface area contributed by atoms with Crippen molar-refractivity contribution in [1.82, 2.24) is 14.5 Å². The summed E-state index contributed by atoms with van der Waals surface area (Å²) in [6.07, 6.45) is 2.36. The maximum Gasteiger partial charge on any atom is 0.242 e. The van der Waals surface area contributed by atoms with Crippen molar-refractivity contribution in [2.75, 3.05) is 20.1 Å². The maximum absolute atomic E-state index is 13.2. The van der Waals surface area contributed by atoms with Crippen molar-refractivity contribution in [3.63, 3.8) is 0 Å². The monoisotopic (exact) mass is 487 g/mol. The van der Waals surface area contributed by atoms with Crippen molar-refractivity contribution in [2.24, 2.45) is 0 Å². The summed E-state index contributed by atoms with van der Waals surface area (Å²) in [4.78, 5) is 27.7. The first kappa shape index (κ1) is 27.5. The molecule has 1 atom stereocenters. The molecule has 0 saturated carbocycles. The summed E-state index contributed by atoms with van der Waals surface area (Å²) < 4.78 is 26.7. The van der Waals surface area contributed by atoms with Crippen LogP contribution in [0, 0.1) is 6.92 Å². The van der Waals surface area contributed by atoms with Gasteiger partial charge in [-0.05, 0) is 44.4 Å². The molecule has 0 aromatic heterocycles. The molecule has 8 heteroatoms. The topological polar surface area (TPSA) is 86.8 Å². The lowest BCUT2D eigenvalue weighted by Gasteiger charge is -2.29. The Kier molecular flexibility index (Phi) is 10.7. The number of nitrogens with zero attached hydrogens (tertiary/aromatic N) is 2. The summed E-state index contributed by atoms with van der Waals surface area (Å²) >= 11 is 0. The van der Waals surface area contributed by atoms with E-state index in [1.165, 1.54) is 11.4 Å². The predicted octanol–water partition coefficient (Wildman–Crippen LogP) is 3.73. The minimum absolute atomic E-state index is 0.146. The third-order valence-corrected chi connectivity index (χ3v) is 7.66. The molecular formula is C26H37N3O4S. The van der Waals surface area contributed by atoms with Gasteiger partial charge in [0.15, 0.2) is 0 Å². The van der Waals surface area contributed by atoms with Crippen LogP contribution in [0.25, 0.3) is 0 Å². The number of amides is 2. The molecule has 0 fully saturated rings. The van der Waals surface area contributed by atoms with E-state index in [-0.39, 0.29) is 29.7 Å². The van der Waals surface area contributed by atoms with Crippen LogP contribution < -0.4 is 5.32 Å². The third kappa shape index (κ3) is 7.95. The molecule has 0 aliphatic heterocycles. The van der Waals surface area contributed by atoms with E-state index in [0.29, 0.717) is 19.5 Å². The molecule has 0 bridgehead atoms. The molecule has 1 N–H and O–H groups in total. The predicted molar refractivity (Wildman–Crippen MR) is 135 cm³/mol. The number of aryl methyl sites for hydroxylation is 1. The Bertz CT molecular complexity index is 1020. The first-order valence-corrected chi connectivity index (χ1v) is 13.2. The smallest absolute Gasteiger partial charge is 0.242 e. The minimum Gasteiger partial charge on any atom is -0.354 e. The summed E-state index contributed by atoms with van der Waals surface area (Å²) in [7, 11) is -2.09. The Balaban J connectivity index is 2.05. The Morgan fingerprint density at radius 3 is 2.26 bits per heavy atom. The Morgan fingerprint density at radius 2 is 1.65 bits per heavy atom. The second-order valence-electron chi connectivity index (χ2n) is 8.57. The van der Waals surface area contributed by atoms with Crippen molar-refractivity contribution < 1.29 is 18.0 Å². The number of carbonyl (C=O) groups excluding carboxylic acids is 2. The fourth-order valence-corrected chi connectivity index (χ4v) is 4.73. The van der Waals surface area contributed by atoms with Crippen molar-refractivity contribution in [3.8, 4) is 0 Å². The van der Waals surface area contributed by atoms with Gasteiger partial charge in [-0.3, -0.25) is 9.59 Å². The zero-order valence-electron chi connectivity index (χ0n) is 20.7. The molecule has 34 heavy (non-hydrogen) atoms. The molecule has 0 unspecified atom stereocenters. The lowest BCUT2D eigenvalue weighted by atomic mass is 10.1. The average Bonchev–Trinajstić information content (AvgIpc) is 2.83. The molecule has 2 amide bonds. The second kappa shape index (κ2) is 13.2. The van der Waals surface area contributed by atoms with Gasteiger partial charge in [0.05, 0.1) is 4.90 Å². The van der Waals surface area contributed by atoms with Gasteiger partial charge >= 0.3 is 0 Å². The fraction of sp³-hybridized carbons (Fsp3) is 0.462. The summed E-state index contributed by atoms with van der Waals surface area (Å²) in [6, 6.07) is 15.5. The van der Waals surface area contributed by atoms with Crippen molar-refractivity contribution in [1.29, 1.82) is 0 Å². The zero-order chi connectivity index (χ0) is 25.1.